The van der Waals surface area contributed by atoms with Gasteiger partial charge in [0.25, 0.3) is 0 Å². The lowest BCUT2D eigenvalue weighted by atomic mass is 9.81. The normalized spacial score (nSPS) is 25.2. The van der Waals surface area contributed by atoms with Gasteiger partial charge in [-0.15, -0.1) is 0 Å². The van der Waals surface area contributed by atoms with Crippen LogP contribution in [0.1, 0.15) is 13.8 Å². The van der Waals surface area contributed by atoms with E-state index in [-0.39, 0.29) is 5.41 Å². The highest BCUT2D eigenvalue weighted by Crippen LogP contribution is 2.40. The van der Waals surface area contributed by atoms with E-state index in [9.17, 15) is 0 Å². The summed E-state index contributed by atoms with van der Waals surface area (Å²) in [6.07, 6.45) is 5.16. The number of hydrogen-bond acceptors (Lipinski definition) is 1. The number of allylic oxidation sites excluding steroid dienone is 5. The van der Waals surface area contributed by atoms with Gasteiger partial charge in [-0.2, -0.15) is 0 Å². The van der Waals surface area contributed by atoms with Crippen LogP contribution in [0.15, 0.2) is 34.0 Å². The summed E-state index contributed by atoms with van der Waals surface area (Å²) in [5.41, 5.74) is 6.20. The topological polar surface area (TPSA) is 26.0 Å². The molecule has 1 rings (SSSR count). The summed E-state index contributed by atoms with van der Waals surface area (Å²) >= 11 is 11.8. The van der Waals surface area contributed by atoms with Gasteiger partial charge in [0.15, 0.2) is 0 Å². The summed E-state index contributed by atoms with van der Waals surface area (Å²) < 4.78 is 0. The van der Waals surface area contributed by atoms with Crippen molar-refractivity contribution in [3.63, 3.8) is 0 Å². The number of rotatable bonds is 0. The molecule has 1 aliphatic carbocycles. The van der Waals surface area contributed by atoms with Crippen LogP contribution in [0.25, 0.3) is 0 Å². The highest BCUT2D eigenvalue weighted by molar-refractivity contribution is 6.36. The molecule has 0 saturated heterocycles. The average Bonchev–Trinajstić information content (AvgIpc) is 1.82. The third-order valence-electron chi connectivity index (χ3n) is 1.88. The summed E-state index contributed by atoms with van der Waals surface area (Å²) in [5.74, 6) is 0. The van der Waals surface area contributed by atoms with Gasteiger partial charge < -0.3 is 5.73 Å². The predicted molar refractivity (Wildman–Crippen MR) is 53.9 cm³/mol. The van der Waals surface area contributed by atoms with Crippen molar-refractivity contribution in [2.75, 3.05) is 0 Å². The van der Waals surface area contributed by atoms with Crippen molar-refractivity contribution in [2.24, 2.45) is 11.1 Å². The summed E-state index contributed by atoms with van der Waals surface area (Å²) in [5, 5.41) is 1.28. The van der Waals surface area contributed by atoms with Crippen LogP contribution in [-0.2, 0) is 0 Å². The Bertz CT molecular complexity index is 285. The molecule has 0 atom stereocenters. The first-order valence-electron chi connectivity index (χ1n) is 3.65. The minimum absolute atomic E-state index is 0.169. The summed E-state index contributed by atoms with van der Waals surface area (Å²) in [6.45, 7) is 4.03. The van der Waals surface area contributed by atoms with Gasteiger partial charge in [-0.1, -0.05) is 43.1 Å². The first-order valence-corrected chi connectivity index (χ1v) is 4.41. The predicted octanol–water partition coefficient (Wildman–Crippen LogP) is 3.11. The van der Waals surface area contributed by atoms with Gasteiger partial charge in [0.05, 0.1) is 0 Å². The van der Waals surface area contributed by atoms with Crippen molar-refractivity contribution in [1.29, 1.82) is 0 Å². The Kier molecular flexibility index (Phi) is 2.55. The molecule has 0 fully saturated rings. The van der Waals surface area contributed by atoms with E-state index >= 15 is 0 Å². The maximum Gasteiger partial charge on any atom is 0.0475 e. The van der Waals surface area contributed by atoms with Crippen LogP contribution in [0.5, 0.6) is 0 Å². The molecule has 0 aromatic heterocycles. The fourth-order valence-corrected chi connectivity index (χ4v) is 2.13. The molecule has 0 bridgehead atoms. The molecule has 2 N–H and O–H groups in total. The number of halogens is 2. The van der Waals surface area contributed by atoms with Gasteiger partial charge in [-0.05, 0) is 17.8 Å². The molecule has 0 aromatic rings. The van der Waals surface area contributed by atoms with Gasteiger partial charge in [0.2, 0.25) is 0 Å². The molecule has 0 unspecified atom stereocenters. The minimum atomic E-state index is -0.169. The fraction of sp³-hybridized carbons (Fsp3) is 0.333. The van der Waals surface area contributed by atoms with Crippen LogP contribution < -0.4 is 5.73 Å². The SMILES string of the molecule is CC1(C)C=C(Cl)C=C(Cl)/C1=C\N. The maximum absolute atomic E-state index is 5.95. The summed E-state index contributed by atoms with van der Waals surface area (Å²) in [7, 11) is 0. The van der Waals surface area contributed by atoms with E-state index in [2.05, 4.69) is 0 Å². The Morgan fingerprint density at radius 2 is 2.00 bits per heavy atom. The smallest absolute Gasteiger partial charge is 0.0475 e. The van der Waals surface area contributed by atoms with Crippen molar-refractivity contribution in [3.8, 4) is 0 Å². The molecule has 0 saturated carbocycles. The highest BCUT2D eigenvalue weighted by atomic mass is 35.5. The zero-order valence-corrected chi connectivity index (χ0v) is 8.58. The van der Waals surface area contributed by atoms with Crippen molar-refractivity contribution in [2.45, 2.75) is 13.8 Å². The van der Waals surface area contributed by atoms with E-state index in [1.165, 1.54) is 6.20 Å². The monoisotopic (exact) mass is 203 g/mol. The zero-order valence-electron chi connectivity index (χ0n) is 7.07. The van der Waals surface area contributed by atoms with E-state index < -0.39 is 0 Å². The Balaban J connectivity index is 3.18. The summed E-state index contributed by atoms with van der Waals surface area (Å²) in [4.78, 5) is 0. The fourth-order valence-electron chi connectivity index (χ4n) is 1.27. The van der Waals surface area contributed by atoms with Gasteiger partial charge in [0.1, 0.15) is 0 Å². The molecule has 3 heteroatoms. The van der Waals surface area contributed by atoms with Crippen LogP contribution in [-0.4, -0.2) is 0 Å². The highest BCUT2D eigenvalue weighted by Gasteiger charge is 2.26. The lowest BCUT2D eigenvalue weighted by Gasteiger charge is -2.27. The van der Waals surface area contributed by atoms with Crippen LogP contribution >= 0.6 is 23.2 Å². The standard InChI is InChI=1S/C9H11Cl2N/c1-9(2)4-6(10)3-8(11)7(9)5-12/h3-5H,12H2,1-2H3/b7-5+. The summed E-state index contributed by atoms with van der Waals surface area (Å²) in [6, 6.07) is 0. The Hall–Kier alpha value is -0.400. The van der Waals surface area contributed by atoms with Crippen molar-refractivity contribution in [1.82, 2.24) is 0 Å². The third kappa shape index (κ3) is 1.67. The van der Waals surface area contributed by atoms with Gasteiger partial charge in [-0.3, -0.25) is 0 Å². The van der Waals surface area contributed by atoms with Crippen LogP contribution in [0.2, 0.25) is 0 Å². The number of hydrogen-bond donors (Lipinski definition) is 1. The van der Waals surface area contributed by atoms with Crippen molar-refractivity contribution < 1.29 is 0 Å². The molecule has 0 aliphatic heterocycles. The Morgan fingerprint density at radius 3 is 2.42 bits per heavy atom. The lowest BCUT2D eigenvalue weighted by molar-refractivity contribution is 0.585. The molecular weight excluding hydrogens is 193 g/mol. The van der Waals surface area contributed by atoms with Gasteiger partial charge in [-0.25, -0.2) is 0 Å². The quantitative estimate of drug-likeness (QED) is 0.644. The van der Waals surface area contributed by atoms with E-state index in [0.29, 0.717) is 10.1 Å². The lowest BCUT2D eigenvalue weighted by Crippen LogP contribution is -2.16. The van der Waals surface area contributed by atoms with E-state index in [0.717, 1.165) is 5.57 Å². The molecule has 0 spiro atoms. The second-order valence-corrected chi connectivity index (χ2v) is 4.17. The van der Waals surface area contributed by atoms with E-state index in [4.69, 9.17) is 28.9 Å². The second-order valence-electron chi connectivity index (χ2n) is 3.32. The molecule has 1 nitrogen and oxygen atoms in total. The molecule has 0 heterocycles. The van der Waals surface area contributed by atoms with Crippen LogP contribution in [0.4, 0.5) is 0 Å². The number of nitrogens with two attached hydrogens (primary N) is 1. The maximum atomic E-state index is 5.95. The Morgan fingerprint density at radius 1 is 1.42 bits per heavy atom. The average molecular weight is 204 g/mol. The van der Waals surface area contributed by atoms with Gasteiger partial charge in [0, 0.05) is 15.5 Å². The third-order valence-corrected chi connectivity index (χ3v) is 2.41. The minimum Gasteiger partial charge on any atom is -0.404 e. The zero-order chi connectivity index (χ0) is 9.35. The van der Waals surface area contributed by atoms with Crippen LogP contribution in [0.3, 0.4) is 0 Å². The molecule has 1 aliphatic rings. The molecule has 12 heavy (non-hydrogen) atoms. The van der Waals surface area contributed by atoms with Crippen molar-refractivity contribution >= 4 is 23.2 Å². The molecule has 0 aromatic carbocycles. The van der Waals surface area contributed by atoms with Crippen molar-refractivity contribution in [3.05, 3.63) is 34.0 Å². The largest absolute Gasteiger partial charge is 0.404 e. The Labute approximate surface area is 82.5 Å². The molecule has 66 valence electrons. The van der Waals surface area contributed by atoms with E-state index in [1.54, 1.807) is 6.08 Å². The van der Waals surface area contributed by atoms with Gasteiger partial charge >= 0.3 is 0 Å². The first-order chi connectivity index (χ1) is 5.47. The molecule has 0 radical (unpaired) electrons. The first kappa shape index (κ1) is 9.69. The second kappa shape index (κ2) is 3.15. The van der Waals surface area contributed by atoms with Crippen LogP contribution in [0, 0.1) is 5.41 Å². The molecule has 0 amide bonds. The molecular formula is C9H11Cl2N. The van der Waals surface area contributed by atoms with E-state index in [1.807, 2.05) is 19.9 Å².